The molecule has 0 radical (unpaired) electrons. The van der Waals surface area contributed by atoms with Crippen LogP contribution in [0.25, 0.3) is 0 Å². The number of carbonyl (C=O) groups excluding carboxylic acids is 1. The zero-order valence-electron chi connectivity index (χ0n) is 11.0. The first-order valence-electron chi connectivity index (χ1n) is 6.59. The summed E-state index contributed by atoms with van der Waals surface area (Å²) in [7, 11) is 0. The van der Waals surface area contributed by atoms with Crippen molar-refractivity contribution in [1.29, 1.82) is 0 Å². The first-order chi connectivity index (χ1) is 8.66. The number of Topliss-reactive ketones (excluding diaryl/α,β-unsaturated/α-hetero) is 1. The Labute approximate surface area is 112 Å². The minimum atomic E-state index is -0.143. The van der Waals surface area contributed by atoms with Gasteiger partial charge in [-0.25, -0.2) is 0 Å². The summed E-state index contributed by atoms with van der Waals surface area (Å²) in [6.07, 6.45) is 3.60. The van der Waals surface area contributed by atoms with Crippen molar-refractivity contribution >= 4 is 17.5 Å². The maximum atomic E-state index is 11.8. The van der Waals surface area contributed by atoms with Crippen molar-refractivity contribution in [3.63, 3.8) is 0 Å². The molecule has 4 nitrogen and oxygen atoms in total. The Morgan fingerprint density at radius 1 is 1.44 bits per heavy atom. The summed E-state index contributed by atoms with van der Waals surface area (Å²) in [6.45, 7) is 4.38. The average molecular weight is 268 g/mol. The van der Waals surface area contributed by atoms with E-state index in [-0.39, 0.29) is 11.7 Å². The third-order valence-corrected chi connectivity index (χ3v) is 4.38. The van der Waals surface area contributed by atoms with Gasteiger partial charge in [0, 0.05) is 6.42 Å². The van der Waals surface area contributed by atoms with Gasteiger partial charge in [0.25, 0.3) is 0 Å². The van der Waals surface area contributed by atoms with Crippen molar-refractivity contribution in [2.45, 2.75) is 51.2 Å². The Bertz CT molecular complexity index is 403. The van der Waals surface area contributed by atoms with Crippen LogP contribution in [0.4, 0.5) is 0 Å². The van der Waals surface area contributed by atoms with Crippen LogP contribution in [0.5, 0.6) is 0 Å². The van der Waals surface area contributed by atoms with Crippen LogP contribution in [0.3, 0.4) is 0 Å². The third-order valence-electron chi connectivity index (χ3n) is 3.02. The third kappa shape index (κ3) is 3.57. The topological polar surface area (TPSA) is 56.0 Å². The molecule has 0 spiro atoms. The molecule has 0 saturated heterocycles. The van der Waals surface area contributed by atoms with Gasteiger partial charge in [0.05, 0.1) is 11.7 Å². The number of hydrogen-bond donors (Lipinski definition) is 0. The summed E-state index contributed by atoms with van der Waals surface area (Å²) in [4.78, 5) is 16.1. The fraction of sp³-hybridized carbons (Fsp3) is 0.769. The molecule has 5 heteroatoms. The molecule has 18 heavy (non-hydrogen) atoms. The number of aromatic nitrogens is 2. The van der Waals surface area contributed by atoms with E-state index in [1.54, 1.807) is 11.8 Å². The van der Waals surface area contributed by atoms with Crippen LogP contribution >= 0.6 is 11.8 Å². The number of thioether (sulfide) groups is 1. The zero-order valence-corrected chi connectivity index (χ0v) is 11.8. The highest BCUT2D eigenvalue weighted by Gasteiger charge is 2.28. The normalized spacial score (nSPS) is 20.6. The molecule has 1 aromatic rings. The summed E-state index contributed by atoms with van der Waals surface area (Å²) in [5, 5.41) is 3.96. The van der Waals surface area contributed by atoms with Crippen molar-refractivity contribution < 1.29 is 9.32 Å². The van der Waals surface area contributed by atoms with Crippen LogP contribution in [0.15, 0.2) is 4.52 Å². The monoisotopic (exact) mass is 268 g/mol. The van der Waals surface area contributed by atoms with Crippen LogP contribution < -0.4 is 0 Å². The quantitative estimate of drug-likeness (QED) is 0.821. The molecule has 1 fully saturated rings. The van der Waals surface area contributed by atoms with E-state index in [0.29, 0.717) is 24.1 Å². The lowest BCUT2D eigenvalue weighted by Crippen LogP contribution is -2.17. The summed E-state index contributed by atoms with van der Waals surface area (Å²) < 4.78 is 5.24. The van der Waals surface area contributed by atoms with E-state index in [0.717, 1.165) is 30.8 Å². The number of ketones is 1. The van der Waals surface area contributed by atoms with Crippen LogP contribution in [-0.2, 0) is 10.5 Å². The van der Waals surface area contributed by atoms with Gasteiger partial charge in [-0.05, 0) is 24.5 Å². The zero-order chi connectivity index (χ0) is 13.0. The Kier molecular flexibility index (Phi) is 4.80. The first kappa shape index (κ1) is 13.6. The summed E-state index contributed by atoms with van der Waals surface area (Å²) in [6, 6.07) is 0. The Morgan fingerprint density at radius 2 is 2.28 bits per heavy atom. The fourth-order valence-electron chi connectivity index (χ4n) is 2.10. The minimum Gasteiger partial charge on any atom is -0.339 e. The van der Waals surface area contributed by atoms with Crippen molar-refractivity contribution in [2.24, 2.45) is 5.92 Å². The molecule has 0 amide bonds. The average Bonchev–Trinajstić information content (AvgIpc) is 2.78. The van der Waals surface area contributed by atoms with E-state index in [2.05, 4.69) is 24.0 Å². The molecule has 0 N–H and O–H groups in total. The Morgan fingerprint density at radius 3 is 3.00 bits per heavy atom. The van der Waals surface area contributed by atoms with Gasteiger partial charge in [0.1, 0.15) is 5.78 Å². The van der Waals surface area contributed by atoms with E-state index < -0.39 is 0 Å². The molecule has 1 aromatic heterocycles. The Balaban J connectivity index is 1.90. The van der Waals surface area contributed by atoms with Crippen molar-refractivity contribution in [3.8, 4) is 0 Å². The molecule has 0 aliphatic heterocycles. The van der Waals surface area contributed by atoms with Crippen LogP contribution in [0.1, 0.15) is 57.2 Å². The maximum Gasteiger partial charge on any atom is 0.237 e. The fourth-order valence-corrected chi connectivity index (χ4v) is 2.99. The van der Waals surface area contributed by atoms with E-state index in [9.17, 15) is 4.79 Å². The molecule has 1 aliphatic rings. The molecular formula is C13H20N2O2S. The molecule has 1 saturated carbocycles. The van der Waals surface area contributed by atoms with Gasteiger partial charge in [-0.15, -0.1) is 0 Å². The summed E-state index contributed by atoms with van der Waals surface area (Å²) >= 11 is 1.81. The standard InChI is InChI=1S/C13H20N2O2S/c1-9(2)7-18-8-12-14-13(17-15-12)10-5-3-4-6-11(10)16/h9-10H,3-8H2,1-2H3. The van der Waals surface area contributed by atoms with Gasteiger partial charge >= 0.3 is 0 Å². The lowest BCUT2D eigenvalue weighted by molar-refractivity contribution is -0.122. The molecule has 1 atom stereocenters. The highest BCUT2D eigenvalue weighted by Crippen LogP contribution is 2.29. The van der Waals surface area contributed by atoms with Gasteiger partial charge in [-0.2, -0.15) is 16.7 Å². The Hall–Kier alpha value is -0.840. The molecule has 0 aromatic carbocycles. The second-order valence-electron chi connectivity index (χ2n) is 5.22. The van der Waals surface area contributed by atoms with Gasteiger partial charge in [0.15, 0.2) is 5.82 Å². The van der Waals surface area contributed by atoms with Crippen LogP contribution in [-0.4, -0.2) is 21.7 Å². The minimum absolute atomic E-state index is 0.143. The van der Waals surface area contributed by atoms with Gasteiger partial charge in [-0.1, -0.05) is 25.4 Å². The summed E-state index contributed by atoms with van der Waals surface area (Å²) in [5.41, 5.74) is 0. The molecule has 100 valence electrons. The molecule has 0 bridgehead atoms. The highest BCUT2D eigenvalue weighted by molar-refractivity contribution is 7.98. The molecule has 1 unspecified atom stereocenters. The predicted molar refractivity (Wildman–Crippen MR) is 71.5 cm³/mol. The highest BCUT2D eigenvalue weighted by atomic mass is 32.2. The van der Waals surface area contributed by atoms with Gasteiger partial charge in [-0.3, -0.25) is 4.79 Å². The van der Waals surface area contributed by atoms with Gasteiger partial charge < -0.3 is 4.52 Å². The lowest BCUT2D eigenvalue weighted by atomic mass is 9.88. The maximum absolute atomic E-state index is 11.8. The first-order valence-corrected chi connectivity index (χ1v) is 7.75. The second kappa shape index (κ2) is 6.36. The number of nitrogens with zero attached hydrogens (tertiary/aromatic N) is 2. The molecule has 1 aliphatic carbocycles. The number of carbonyl (C=O) groups is 1. The largest absolute Gasteiger partial charge is 0.339 e. The summed E-state index contributed by atoms with van der Waals surface area (Å²) in [5.74, 6) is 3.88. The van der Waals surface area contributed by atoms with E-state index >= 15 is 0 Å². The lowest BCUT2D eigenvalue weighted by Gasteiger charge is -2.16. The smallest absolute Gasteiger partial charge is 0.237 e. The van der Waals surface area contributed by atoms with E-state index in [4.69, 9.17) is 4.52 Å². The van der Waals surface area contributed by atoms with E-state index in [1.165, 1.54) is 0 Å². The molecule has 1 heterocycles. The molecule has 2 rings (SSSR count). The SMILES string of the molecule is CC(C)CSCc1noc(C2CCCCC2=O)n1. The predicted octanol–water partition coefficient (Wildman–Crippen LogP) is 3.19. The van der Waals surface area contributed by atoms with E-state index in [1.807, 2.05) is 0 Å². The number of hydrogen-bond acceptors (Lipinski definition) is 5. The van der Waals surface area contributed by atoms with Crippen LogP contribution in [0.2, 0.25) is 0 Å². The van der Waals surface area contributed by atoms with Crippen molar-refractivity contribution in [1.82, 2.24) is 10.1 Å². The molecular weight excluding hydrogens is 248 g/mol. The number of rotatable bonds is 5. The van der Waals surface area contributed by atoms with Crippen molar-refractivity contribution in [3.05, 3.63) is 11.7 Å². The second-order valence-corrected chi connectivity index (χ2v) is 6.25. The van der Waals surface area contributed by atoms with Gasteiger partial charge in [0.2, 0.25) is 5.89 Å². The van der Waals surface area contributed by atoms with Crippen LogP contribution in [0, 0.1) is 5.92 Å². The van der Waals surface area contributed by atoms with Crippen molar-refractivity contribution in [2.75, 3.05) is 5.75 Å².